The first kappa shape index (κ1) is 31.6. The van der Waals surface area contributed by atoms with Crippen LogP contribution in [0, 0.1) is 6.92 Å². The van der Waals surface area contributed by atoms with Crippen molar-refractivity contribution in [2.24, 2.45) is 0 Å². The van der Waals surface area contributed by atoms with E-state index in [0.29, 0.717) is 0 Å². The normalized spacial score (nSPS) is 25.4. The number of phosphoric ester groups is 1. The molecule has 2 heterocycles. The van der Waals surface area contributed by atoms with E-state index in [1.165, 1.54) is 13.1 Å². The first-order chi connectivity index (χ1) is 16.1. The first-order valence-electron chi connectivity index (χ1n) is 8.93. The molecule has 1 fully saturated rings. The molecule has 2 rings (SSSR count). The van der Waals surface area contributed by atoms with Crippen LogP contribution in [0.1, 0.15) is 24.6 Å². The summed E-state index contributed by atoms with van der Waals surface area (Å²) in [6, 6.07) is 0. The molecule has 1 aromatic rings. The van der Waals surface area contributed by atoms with Crippen molar-refractivity contribution >= 4 is 39.1 Å². The molecule has 4 unspecified atom stereocenters. The lowest BCUT2D eigenvalue weighted by atomic mass is 10.2. The predicted octanol–water partition coefficient (Wildman–Crippen LogP) is 0.0999. The molecule has 0 spiro atoms. The van der Waals surface area contributed by atoms with Gasteiger partial charge in [0.25, 0.3) is 5.56 Å². The molecule has 0 aromatic carbocycles. The van der Waals surface area contributed by atoms with Gasteiger partial charge in [-0.25, -0.2) is 27.6 Å². The lowest BCUT2D eigenvalue weighted by Crippen LogP contribution is -2.33. The van der Waals surface area contributed by atoms with Crippen molar-refractivity contribution in [3.63, 3.8) is 0 Å². The van der Waals surface area contributed by atoms with E-state index in [2.05, 4.69) is 26.8 Å². The fraction of sp³-hybridized carbons (Fsp3) is 0.600. The molecule has 6 atom stereocenters. The number of nitrogens with zero attached hydrogens (tertiary/aromatic N) is 1. The summed E-state index contributed by atoms with van der Waals surface area (Å²) in [6.45, 7) is 0.649. The maximum absolute atomic E-state index is 11.9. The summed E-state index contributed by atoms with van der Waals surface area (Å²) in [6.07, 6.45) is -0.349. The Hall–Kier alpha value is -0.650. The third-order valence-corrected chi connectivity index (χ3v) is 10.9. The minimum atomic E-state index is -6.19. The Kier molecular flexibility index (Phi) is 9.84. The third kappa shape index (κ3) is 10.3. The van der Waals surface area contributed by atoms with Gasteiger partial charge in [0.1, 0.15) is 6.23 Å². The monoisotopic (exact) mass is 626 g/mol. The van der Waals surface area contributed by atoms with Gasteiger partial charge in [-0.2, -0.15) is 17.2 Å². The standard InChI is InChI=1S/C10H19N2O19P5/c1-6-4-12(10(14)11-9(6)13)8-3-2-7(27-8)5-26-33(18,19)29-35(22,23)31-36(24,25)30-34(20,21)28-32(15,16)17/h4,7-8H,2-3,5H2,1H3,(H,18,19)(H,20,21)(H,22,23)(H,24,25)(H,11,13,14)(H2,15,16,17)/t7-,8+/m0/s1. The molecule has 0 amide bonds. The van der Waals surface area contributed by atoms with Crippen LogP contribution in [0.3, 0.4) is 0 Å². The van der Waals surface area contributed by atoms with E-state index < -0.39 is 69.3 Å². The molecule has 0 radical (unpaired) electrons. The summed E-state index contributed by atoms with van der Waals surface area (Å²) in [7, 11) is -29.6. The van der Waals surface area contributed by atoms with Crippen molar-refractivity contribution in [1.82, 2.24) is 9.55 Å². The van der Waals surface area contributed by atoms with E-state index in [9.17, 15) is 47.1 Å². The fourth-order valence-corrected chi connectivity index (χ4v) is 8.50. The van der Waals surface area contributed by atoms with Gasteiger partial charge in [0.05, 0.1) is 12.7 Å². The zero-order valence-corrected chi connectivity index (χ0v) is 22.0. The van der Waals surface area contributed by atoms with Crippen LogP contribution >= 0.6 is 39.1 Å². The van der Waals surface area contributed by atoms with Crippen molar-refractivity contribution in [3.05, 3.63) is 32.6 Å². The van der Waals surface area contributed by atoms with Crippen LogP contribution in [0.5, 0.6) is 0 Å². The number of aromatic nitrogens is 2. The summed E-state index contributed by atoms with van der Waals surface area (Å²) in [5.74, 6) is 0. The van der Waals surface area contributed by atoms with Crippen molar-refractivity contribution in [3.8, 4) is 0 Å². The predicted molar refractivity (Wildman–Crippen MR) is 111 cm³/mol. The number of H-pyrrole nitrogens is 1. The van der Waals surface area contributed by atoms with Crippen LogP contribution < -0.4 is 11.2 Å². The van der Waals surface area contributed by atoms with Crippen LogP contribution in [-0.4, -0.2) is 51.6 Å². The largest absolute Gasteiger partial charge is 0.490 e. The highest BCUT2D eigenvalue weighted by Gasteiger charge is 2.47. The van der Waals surface area contributed by atoms with Gasteiger partial charge in [-0.3, -0.25) is 18.9 Å². The number of nitrogens with one attached hydrogen (secondary N) is 1. The van der Waals surface area contributed by atoms with Crippen LogP contribution in [0.15, 0.2) is 15.8 Å². The second kappa shape index (κ2) is 11.2. The second-order valence-electron chi connectivity index (χ2n) is 6.76. The lowest BCUT2D eigenvalue weighted by Gasteiger charge is -2.20. The summed E-state index contributed by atoms with van der Waals surface area (Å²) < 4.78 is 81.8. The van der Waals surface area contributed by atoms with Gasteiger partial charge in [-0.1, -0.05) is 0 Å². The topological polar surface area (TPSA) is 317 Å². The first-order valence-corrected chi connectivity index (χ1v) is 16.4. The molecule has 36 heavy (non-hydrogen) atoms. The molecule has 1 aliphatic rings. The number of ether oxygens (including phenoxy) is 1. The Balaban J connectivity index is 1.96. The van der Waals surface area contributed by atoms with Crippen molar-refractivity contribution < 1.29 is 78.7 Å². The SMILES string of the molecule is Cc1cn([C@H]2CC[C@@H](COP(=O)(O)OP(=O)(O)OP(=O)(O)OP(=O)(O)OP(=O)(O)O)O2)c(=O)[nH]c1=O. The molecule has 1 aromatic heterocycles. The van der Waals surface area contributed by atoms with E-state index in [0.717, 1.165) is 4.57 Å². The smallest absolute Gasteiger partial charge is 0.352 e. The maximum Gasteiger partial charge on any atom is 0.490 e. The van der Waals surface area contributed by atoms with E-state index in [1.807, 2.05) is 0 Å². The summed E-state index contributed by atoms with van der Waals surface area (Å²) in [5.41, 5.74) is -1.21. The molecular weight excluding hydrogens is 607 g/mol. The molecule has 0 aliphatic carbocycles. The van der Waals surface area contributed by atoms with E-state index in [1.54, 1.807) is 0 Å². The van der Waals surface area contributed by atoms with Gasteiger partial charge in [0.2, 0.25) is 0 Å². The highest BCUT2D eigenvalue weighted by molar-refractivity contribution is 7.71. The fourth-order valence-electron chi connectivity index (χ4n) is 2.59. The highest BCUT2D eigenvalue weighted by atomic mass is 31.3. The van der Waals surface area contributed by atoms with Gasteiger partial charge in [-0.05, 0) is 19.8 Å². The summed E-state index contributed by atoms with van der Waals surface area (Å²) >= 11 is 0. The molecule has 0 saturated carbocycles. The van der Waals surface area contributed by atoms with E-state index >= 15 is 0 Å². The van der Waals surface area contributed by atoms with Crippen LogP contribution in [0.4, 0.5) is 0 Å². The minimum Gasteiger partial charge on any atom is -0.352 e. The number of aryl methyl sites for hydroxylation is 1. The maximum atomic E-state index is 11.9. The zero-order chi connectivity index (χ0) is 27.7. The van der Waals surface area contributed by atoms with Crippen LogP contribution in [-0.2, 0) is 49.3 Å². The number of phosphoric acid groups is 5. The Morgan fingerprint density at radius 1 is 0.889 bits per heavy atom. The lowest BCUT2D eigenvalue weighted by molar-refractivity contribution is -0.0244. The average Bonchev–Trinajstić information content (AvgIpc) is 3.06. The number of aromatic amines is 1. The Labute approximate surface area is 199 Å². The molecule has 21 nitrogen and oxygen atoms in total. The molecular formula is C10H19N2O19P5. The second-order valence-corrected chi connectivity index (χ2v) is 14.4. The minimum absolute atomic E-state index is 0.133. The Bertz CT molecular complexity index is 1330. The Morgan fingerprint density at radius 2 is 1.39 bits per heavy atom. The average molecular weight is 626 g/mol. The van der Waals surface area contributed by atoms with Crippen molar-refractivity contribution in [1.29, 1.82) is 0 Å². The van der Waals surface area contributed by atoms with Gasteiger partial charge in [0, 0.05) is 11.8 Å². The number of hydrogen-bond donors (Lipinski definition) is 7. The van der Waals surface area contributed by atoms with Gasteiger partial charge in [0.15, 0.2) is 0 Å². The Morgan fingerprint density at radius 3 is 1.92 bits per heavy atom. The molecule has 7 N–H and O–H groups in total. The number of hydrogen-bond acceptors (Lipinski definition) is 13. The van der Waals surface area contributed by atoms with Crippen molar-refractivity contribution in [2.45, 2.75) is 32.1 Å². The van der Waals surface area contributed by atoms with Crippen molar-refractivity contribution in [2.75, 3.05) is 6.61 Å². The molecule has 208 valence electrons. The van der Waals surface area contributed by atoms with Gasteiger partial charge in [-0.15, -0.1) is 0 Å². The van der Waals surface area contributed by atoms with E-state index in [-0.39, 0.29) is 18.4 Å². The third-order valence-electron chi connectivity index (χ3n) is 3.79. The molecule has 1 saturated heterocycles. The summed E-state index contributed by atoms with van der Waals surface area (Å²) in [4.78, 5) is 79.4. The quantitative estimate of drug-likeness (QED) is 0.151. The van der Waals surface area contributed by atoms with E-state index in [4.69, 9.17) is 19.4 Å². The highest BCUT2D eigenvalue weighted by Crippen LogP contribution is 2.73. The molecule has 0 bridgehead atoms. The van der Waals surface area contributed by atoms with Gasteiger partial charge < -0.3 is 34.1 Å². The number of rotatable bonds is 12. The van der Waals surface area contributed by atoms with Crippen LogP contribution in [0.25, 0.3) is 0 Å². The summed E-state index contributed by atoms with van der Waals surface area (Å²) in [5, 5.41) is 0. The van der Waals surface area contributed by atoms with Gasteiger partial charge >= 0.3 is 44.8 Å². The zero-order valence-electron chi connectivity index (χ0n) is 17.5. The molecule has 1 aliphatic heterocycles. The van der Waals surface area contributed by atoms with Crippen LogP contribution in [0.2, 0.25) is 0 Å². The molecule has 26 heteroatoms.